The Morgan fingerprint density at radius 1 is 1.00 bits per heavy atom. The van der Waals surface area contributed by atoms with Crippen LogP contribution in [0.3, 0.4) is 0 Å². The molecular weight excluding hydrogens is 364 g/mol. The molecule has 1 heterocycles. The van der Waals surface area contributed by atoms with Gasteiger partial charge in [0.25, 0.3) is 0 Å². The van der Waals surface area contributed by atoms with Gasteiger partial charge in [0, 0.05) is 12.6 Å². The monoisotopic (exact) mass is 388 g/mol. The third kappa shape index (κ3) is 5.75. The zero-order valence-electron chi connectivity index (χ0n) is 16.6. The van der Waals surface area contributed by atoms with Crippen LogP contribution < -0.4 is 4.74 Å². The molecule has 29 heavy (non-hydrogen) atoms. The molecule has 0 amide bonds. The summed E-state index contributed by atoms with van der Waals surface area (Å²) in [5.41, 5.74) is 4.53. The number of pyridine rings is 1. The zero-order valence-corrected chi connectivity index (χ0v) is 16.6. The lowest BCUT2D eigenvalue weighted by molar-refractivity contribution is 0.0526. The van der Waals surface area contributed by atoms with Crippen LogP contribution in [0.2, 0.25) is 0 Å². The van der Waals surface area contributed by atoms with Crippen molar-refractivity contribution in [3.05, 3.63) is 94.8 Å². The van der Waals surface area contributed by atoms with Gasteiger partial charge in [0.15, 0.2) is 0 Å². The smallest absolute Gasteiger partial charge is 0.338 e. The first-order chi connectivity index (χ1) is 14.0. The summed E-state index contributed by atoms with van der Waals surface area (Å²) in [7, 11) is 0. The average Bonchev–Trinajstić information content (AvgIpc) is 2.74. The van der Waals surface area contributed by atoms with Crippen molar-refractivity contribution in [1.29, 1.82) is 5.41 Å². The lowest BCUT2D eigenvalue weighted by atomic mass is 10.0. The summed E-state index contributed by atoms with van der Waals surface area (Å²) in [6.45, 7) is 4.64. The van der Waals surface area contributed by atoms with E-state index >= 15 is 0 Å². The van der Waals surface area contributed by atoms with Crippen LogP contribution in [0.4, 0.5) is 0 Å². The summed E-state index contributed by atoms with van der Waals surface area (Å²) < 4.78 is 10.8. The van der Waals surface area contributed by atoms with Crippen LogP contribution in [-0.2, 0) is 17.8 Å². The normalized spacial score (nSPS) is 10.4. The molecule has 1 aromatic heterocycles. The second-order valence-corrected chi connectivity index (χ2v) is 6.72. The van der Waals surface area contributed by atoms with E-state index in [1.807, 2.05) is 24.3 Å². The van der Waals surface area contributed by atoms with Gasteiger partial charge < -0.3 is 14.9 Å². The molecular formula is C24H24N2O3. The topological polar surface area (TPSA) is 72.3 Å². The fourth-order valence-electron chi connectivity index (χ4n) is 2.79. The van der Waals surface area contributed by atoms with Crippen LogP contribution in [0.1, 0.15) is 39.7 Å². The minimum atomic E-state index is -0.404. The van der Waals surface area contributed by atoms with E-state index in [1.54, 1.807) is 19.1 Å². The molecule has 0 unspecified atom stereocenters. The molecule has 0 aliphatic heterocycles. The van der Waals surface area contributed by atoms with Crippen molar-refractivity contribution in [2.75, 3.05) is 6.61 Å². The largest absolute Gasteiger partial charge is 0.489 e. The highest BCUT2D eigenvalue weighted by atomic mass is 16.5. The van der Waals surface area contributed by atoms with Crippen molar-refractivity contribution < 1.29 is 14.3 Å². The van der Waals surface area contributed by atoms with Crippen molar-refractivity contribution in [1.82, 2.24) is 4.98 Å². The number of nitrogens with one attached hydrogen (secondary N) is 1. The van der Waals surface area contributed by atoms with Crippen molar-refractivity contribution in [2.24, 2.45) is 0 Å². The van der Waals surface area contributed by atoms with Gasteiger partial charge in [0.2, 0.25) is 0 Å². The molecule has 3 rings (SSSR count). The average molecular weight is 388 g/mol. The van der Waals surface area contributed by atoms with E-state index in [2.05, 4.69) is 36.2 Å². The molecule has 0 bridgehead atoms. The van der Waals surface area contributed by atoms with Crippen LogP contribution in [0.25, 0.3) is 0 Å². The Morgan fingerprint density at radius 3 is 2.38 bits per heavy atom. The van der Waals surface area contributed by atoms with Gasteiger partial charge in [-0.2, -0.15) is 0 Å². The molecule has 0 saturated heterocycles. The molecule has 0 atom stereocenters. The minimum absolute atomic E-state index is 0.312. The predicted octanol–water partition coefficient (Wildman–Crippen LogP) is 4.76. The number of aryl methyl sites for hydroxylation is 1. The van der Waals surface area contributed by atoms with Gasteiger partial charge in [-0.15, -0.1) is 0 Å². The SMILES string of the molecule is CCOC(=O)c1ccnc(C(=N)Cc2ccc(OCc3ccc(C)cc3)cc2)c1. The third-order valence-electron chi connectivity index (χ3n) is 4.41. The van der Waals surface area contributed by atoms with Gasteiger partial charge in [-0.25, -0.2) is 4.79 Å². The number of rotatable bonds is 8. The number of carbonyl (C=O) groups is 1. The Labute approximate surface area is 170 Å². The van der Waals surface area contributed by atoms with E-state index in [4.69, 9.17) is 14.9 Å². The number of carbonyl (C=O) groups excluding carboxylic acids is 1. The Morgan fingerprint density at radius 2 is 1.69 bits per heavy atom. The Balaban J connectivity index is 1.59. The highest BCUT2D eigenvalue weighted by Crippen LogP contribution is 2.16. The van der Waals surface area contributed by atoms with Gasteiger partial charge in [-0.1, -0.05) is 42.0 Å². The quantitative estimate of drug-likeness (QED) is 0.446. The van der Waals surface area contributed by atoms with Gasteiger partial charge in [0.1, 0.15) is 12.4 Å². The second-order valence-electron chi connectivity index (χ2n) is 6.72. The lowest BCUT2D eigenvalue weighted by Crippen LogP contribution is -2.10. The molecule has 148 valence electrons. The minimum Gasteiger partial charge on any atom is -0.489 e. The molecule has 0 saturated carbocycles. The molecule has 0 aliphatic carbocycles. The Hall–Kier alpha value is -3.47. The van der Waals surface area contributed by atoms with Crippen molar-refractivity contribution >= 4 is 11.7 Å². The summed E-state index contributed by atoms with van der Waals surface area (Å²) in [4.78, 5) is 16.1. The molecule has 3 aromatic rings. The molecule has 5 nitrogen and oxygen atoms in total. The summed E-state index contributed by atoms with van der Waals surface area (Å²) in [6.07, 6.45) is 1.94. The van der Waals surface area contributed by atoms with Gasteiger partial charge in [-0.3, -0.25) is 4.98 Å². The fraction of sp³-hybridized carbons (Fsp3) is 0.208. The molecule has 0 fully saturated rings. The van der Waals surface area contributed by atoms with Crippen molar-refractivity contribution in [2.45, 2.75) is 26.9 Å². The van der Waals surface area contributed by atoms with Gasteiger partial charge in [-0.05, 0) is 49.2 Å². The van der Waals surface area contributed by atoms with E-state index in [-0.39, 0.29) is 0 Å². The van der Waals surface area contributed by atoms with Crippen LogP contribution in [0.15, 0.2) is 66.9 Å². The highest BCUT2D eigenvalue weighted by molar-refractivity contribution is 6.00. The molecule has 5 heteroatoms. The first-order valence-electron chi connectivity index (χ1n) is 9.53. The molecule has 2 aromatic carbocycles. The van der Waals surface area contributed by atoms with E-state index in [1.165, 1.54) is 11.8 Å². The van der Waals surface area contributed by atoms with Crippen molar-refractivity contribution in [3.8, 4) is 5.75 Å². The van der Waals surface area contributed by atoms with E-state index < -0.39 is 5.97 Å². The fourth-order valence-corrected chi connectivity index (χ4v) is 2.79. The first-order valence-corrected chi connectivity index (χ1v) is 9.53. The van der Waals surface area contributed by atoms with E-state index in [9.17, 15) is 4.79 Å². The predicted molar refractivity (Wildman–Crippen MR) is 113 cm³/mol. The number of benzene rings is 2. The molecule has 0 radical (unpaired) electrons. The molecule has 0 spiro atoms. The van der Waals surface area contributed by atoms with Crippen LogP contribution in [0, 0.1) is 12.3 Å². The Bertz CT molecular complexity index is 980. The molecule has 1 N–H and O–H groups in total. The first kappa shape index (κ1) is 20.3. The Kier molecular flexibility index (Phi) is 6.74. The third-order valence-corrected chi connectivity index (χ3v) is 4.41. The second kappa shape index (κ2) is 9.64. The van der Waals surface area contributed by atoms with E-state index in [0.717, 1.165) is 16.9 Å². The van der Waals surface area contributed by atoms with Crippen LogP contribution in [0.5, 0.6) is 5.75 Å². The maximum atomic E-state index is 11.9. The van der Waals surface area contributed by atoms with Crippen molar-refractivity contribution in [3.63, 3.8) is 0 Å². The van der Waals surface area contributed by atoms with Crippen LogP contribution in [-0.4, -0.2) is 23.3 Å². The van der Waals surface area contributed by atoms with Gasteiger partial charge >= 0.3 is 5.97 Å². The van der Waals surface area contributed by atoms with E-state index in [0.29, 0.717) is 36.6 Å². The summed E-state index contributed by atoms with van der Waals surface area (Å²) >= 11 is 0. The number of nitrogens with zero attached hydrogens (tertiary/aromatic N) is 1. The standard InChI is InChI=1S/C24H24N2O3/c1-3-28-24(27)20-12-13-26-23(15-20)22(25)14-18-8-10-21(11-9-18)29-16-19-6-4-17(2)5-7-19/h4-13,15,25H,3,14,16H2,1-2H3. The lowest BCUT2D eigenvalue weighted by Gasteiger charge is -2.09. The highest BCUT2D eigenvalue weighted by Gasteiger charge is 2.11. The summed E-state index contributed by atoms with van der Waals surface area (Å²) in [6, 6.07) is 19.1. The number of hydrogen-bond acceptors (Lipinski definition) is 5. The number of ether oxygens (including phenoxy) is 2. The zero-order chi connectivity index (χ0) is 20.6. The van der Waals surface area contributed by atoms with Crippen LogP contribution >= 0.6 is 0 Å². The summed E-state index contributed by atoms with van der Waals surface area (Å²) in [5.74, 6) is 0.377. The molecule has 0 aliphatic rings. The summed E-state index contributed by atoms with van der Waals surface area (Å²) in [5, 5.41) is 8.33. The maximum absolute atomic E-state index is 11.9. The van der Waals surface area contributed by atoms with Gasteiger partial charge in [0.05, 0.1) is 23.6 Å². The number of aromatic nitrogens is 1. The number of hydrogen-bond donors (Lipinski definition) is 1. The maximum Gasteiger partial charge on any atom is 0.338 e. The number of esters is 1.